The third-order valence-electron chi connectivity index (χ3n) is 3.21. The standard InChI is InChI=1S/C17H22NO5P/c1-3-22-24(20,23-4-2)17(19)14-8-10-16(11-9-14)21-13-15-7-5-6-12-18-15/h5-12,17,19H,3-4,13H2,1-2H3. The Balaban J connectivity index is 2.03. The number of benzene rings is 1. The van der Waals surface area contributed by atoms with Gasteiger partial charge < -0.3 is 18.9 Å². The minimum atomic E-state index is -3.61. The summed E-state index contributed by atoms with van der Waals surface area (Å²) in [4.78, 5) is 4.18. The van der Waals surface area contributed by atoms with Crippen LogP contribution in [0, 0.1) is 0 Å². The zero-order valence-electron chi connectivity index (χ0n) is 13.8. The maximum absolute atomic E-state index is 12.6. The molecule has 6 nitrogen and oxygen atoms in total. The molecular formula is C17H22NO5P. The number of aliphatic hydroxyl groups is 1. The lowest BCUT2D eigenvalue weighted by molar-refractivity contribution is 0.150. The van der Waals surface area contributed by atoms with Gasteiger partial charge in [-0.15, -0.1) is 0 Å². The van der Waals surface area contributed by atoms with Gasteiger partial charge in [-0.25, -0.2) is 0 Å². The summed E-state index contributed by atoms with van der Waals surface area (Å²) in [5, 5.41) is 10.3. The lowest BCUT2D eigenvalue weighted by Gasteiger charge is -2.22. The molecule has 1 heterocycles. The van der Waals surface area contributed by atoms with Gasteiger partial charge in [0.15, 0.2) is 5.85 Å². The highest BCUT2D eigenvalue weighted by atomic mass is 31.2. The molecule has 0 saturated carbocycles. The predicted octanol–water partition coefficient (Wildman–Crippen LogP) is 3.92. The van der Waals surface area contributed by atoms with Gasteiger partial charge in [0.2, 0.25) is 0 Å². The number of aromatic nitrogens is 1. The highest BCUT2D eigenvalue weighted by Crippen LogP contribution is 2.59. The summed E-state index contributed by atoms with van der Waals surface area (Å²) in [5.41, 5.74) is 1.27. The summed E-state index contributed by atoms with van der Waals surface area (Å²) < 4.78 is 28.5. The molecule has 130 valence electrons. The number of hydrogen-bond donors (Lipinski definition) is 1. The molecule has 1 aromatic heterocycles. The summed E-state index contributed by atoms with van der Waals surface area (Å²) in [6, 6.07) is 12.3. The molecule has 1 aromatic carbocycles. The van der Waals surface area contributed by atoms with E-state index < -0.39 is 13.4 Å². The molecular weight excluding hydrogens is 329 g/mol. The van der Waals surface area contributed by atoms with Crippen LogP contribution in [-0.4, -0.2) is 23.3 Å². The van der Waals surface area contributed by atoms with E-state index in [2.05, 4.69) is 4.98 Å². The van der Waals surface area contributed by atoms with Crippen molar-refractivity contribution in [2.24, 2.45) is 0 Å². The molecule has 2 rings (SSSR count). The summed E-state index contributed by atoms with van der Waals surface area (Å²) in [7, 11) is -3.61. The number of hydrogen-bond acceptors (Lipinski definition) is 6. The van der Waals surface area contributed by atoms with Crippen LogP contribution in [0.5, 0.6) is 5.75 Å². The van der Waals surface area contributed by atoms with E-state index in [-0.39, 0.29) is 13.2 Å². The van der Waals surface area contributed by atoms with Gasteiger partial charge >= 0.3 is 7.60 Å². The first kappa shape index (κ1) is 18.6. The molecule has 0 saturated heterocycles. The largest absolute Gasteiger partial charge is 0.487 e. The fourth-order valence-electron chi connectivity index (χ4n) is 2.10. The fourth-order valence-corrected chi connectivity index (χ4v) is 3.71. The predicted molar refractivity (Wildman–Crippen MR) is 90.8 cm³/mol. The Morgan fingerprint density at radius 2 is 1.75 bits per heavy atom. The summed E-state index contributed by atoms with van der Waals surface area (Å²) in [6.45, 7) is 4.14. The van der Waals surface area contributed by atoms with E-state index in [0.29, 0.717) is 17.9 Å². The molecule has 0 aliphatic heterocycles. The van der Waals surface area contributed by atoms with Gasteiger partial charge in [-0.2, -0.15) is 0 Å². The van der Waals surface area contributed by atoms with Crippen LogP contribution in [0.2, 0.25) is 0 Å². The third kappa shape index (κ3) is 4.89. The molecule has 0 amide bonds. The summed E-state index contributed by atoms with van der Waals surface area (Å²) >= 11 is 0. The maximum atomic E-state index is 12.6. The molecule has 2 aromatic rings. The van der Waals surface area contributed by atoms with Crippen molar-refractivity contribution in [1.29, 1.82) is 0 Å². The fraction of sp³-hybridized carbons (Fsp3) is 0.353. The maximum Gasteiger partial charge on any atom is 0.363 e. The molecule has 1 unspecified atom stereocenters. The van der Waals surface area contributed by atoms with E-state index in [4.69, 9.17) is 13.8 Å². The molecule has 0 aliphatic carbocycles. The smallest absolute Gasteiger partial charge is 0.363 e. The molecule has 1 N–H and O–H groups in total. The molecule has 0 spiro atoms. The molecule has 0 fully saturated rings. The minimum Gasteiger partial charge on any atom is -0.487 e. The van der Waals surface area contributed by atoms with Crippen LogP contribution in [0.4, 0.5) is 0 Å². The van der Waals surface area contributed by atoms with E-state index >= 15 is 0 Å². The number of pyridine rings is 1. The van der Waals surface area contributed by atoms with E-state index in [1.54, 1.807) is 44.3 Å². The Kier molecular flexibility index (Phi) is 6.94. The zero-order valence-corrected chi connectivity index (χ0v) is 14.7. The topological polar surface area (TPSA) is 77.9 Å². The van der Waals surface area contributed by atoms with Gasteiger partial charge in [0.05, 0.1) is 18.9 Å². The van der Waals surface area contributed by atoms with Crippen LogP contribution in [-0.2, 0) is 20.2 Å². The second-order valence-corrected chi connectivity index (χ2v) is 7.01. The van der Waals surface area contributed by atoms with E-state index in [1.165, 1.54) is 0 Å². The molecule has 7 heteroatoms. The van der Waals surface area contributed by atoms with Gasteiger partial charge in [0.25, 0.3) is 0 Å². The van der Waals surface area contributed by atoms with E-state index in [9.17, 15) is 9.67 Å². The minimum absolute atomic E-state index is 0.194. The van der Waals surface area contributed by atoms with Crippen LogP contribution in [0.1, 0.15) is 30.9 Å². The molecule has 0 radical (unpaired) electrons. The van der Waals surface area contributed by atoms with Crippen molar-refractivity contribution in [3.63, 3.8) is 0 Å². The van der Waals surface area contributed by atoms with Gasteiger partial charge in [0, 0.05) is 6.20 Å². The van der Waals surface area contributed by atoms with Gasteiger partial charge in [-0.05, 0) is 43.7 Å². The third-order valence-corrected chi connectivity index (χ3v) is 5.34. The van der Waals surface area contributed by atoms with Crippen LogP contribution in [0.3, 0.4) is 0 Å². The lowest BCUT2D eigenvalue weighted by atomic mass is 10.2. The Morgan fingerprint density at radius 1 is 1.08 bits per heavy atom. The summed E-state index contributed by atoms with van der Waals surface area (Å²) in [5.74, 6) is -0.707. The molecule has 0 aliphatic rings. The zero-order chi connectivity index (χ0) is 17.4. The highest BCUT2D eigenvalue weighted by molar-refractivity contribution is 7.54. The number of rotatable bonds is 9. The van der Waals surface area contributed by atoms with E-state index in [1.807, 2.05) is 18.2 Å². The monoisotopic (exact) mass is 351 g/mol. The van der Waals surface area contributed by atoms with Crippen LogP contribution in [0.25, 0.3) is 0 Å². The van der Waals surface area contributed by atoms with Gasteiger partial charge in [0.1, 0.15) is 12.4 Å². The second-order valence-electron chi connectivity index (χ2n) is 4.93. The van der Waals surface area contributed by atoms with E-state index in [0.717, 1.165) is 5.69 Å². The quantitative estimate of drug-likeness (QED) is 0.690. The normalized spacial score (nSPS) is 12.8. The first-order chi connectivity index (χ1) is 11.6. The Hall–Kier alpha value is -1.72. The molecule has 24 heavy (non-hydrogen) atoms. The Labute approximate surface area is 141 Å². The van der Waals surface area contributed by atoms with Gasteiger partial charge in [-0.1, -0.05) is 18.2 Å². The van der Waals surface area contributed by atoms with Crippen molar-refractivity contribution >= 4 is 7.60 Å². The Bertz CT molecular complexity index is 652. The second kappa shape index (κ2) is 8.94. The van der Waals surface area contributed by atoms with Crippen LogP contribution in [0.15, 0.2) is 48.7 Å². The van der Waals surface area contributed by atoms with Crippen LogP contribution < -0.4 is 4.74 Å². The number of nitrogens with zero attached hydrogens (tertiary/aromatic N) is 1. The molecule has 1 atom stereocenters. The number of ether oxygens (including phenoxy) is 1. The van der Waals surface area contributed by atoms with Gasteiger partial charge in [-0.3, -0.25) is 9.55 Å². The summed E-state index contributed by atoms with van der Waals surface area (Å²) in [6.07, 6.45) is 1.71. The average molecular weight is 351 g/mol. The Morgan fingerprint density at radius 3 is 2.29 bits per heavy atom. The first-order valence-corrected chi connectivity index (χ1v) is 9.39. The van der Waals surface area contributed by atoms with Crippen molar-refractivity contribution in [1.82, 2.24) is 4.98 Å². The van der Waals surface area contributed by atoms with Crippen molar-refractivity contribution in [3.05, 3.63) is 59.9 Å². The average Bonchev–Trinajstić information content (AvgIpc) is 2.61. The van der Waals surface area contributed by atoms with Crippen molar-refractivity contribution < 1.29 is 23.5 Å². The molecule has 0 bridgehead atoms. The SMILES string of the molecule is CCOP(=O)(OCC)C(O)c1ccc(OCc2ccccn2)cc1. The van der Waals surface area contributed by atoms with Crippen molar-refractivity contribution in [3.8, 4) is 5.75 Å². The van der Waals surface area contributed by atoms with Crippen molar-refractivity contribution in [2.75, 3.05) is 13.2 Å². The first-order valence-electron chi connectivity index (χ1n) is 7.78. The van der Waals surface area contributed by atoms with Crippen molar-refractivity contribution in [2.45, 2.75) is 26.3 Å². The lowest BCUT2D eigenvalue weighted by Crippen LogP contribution is -2.06. The highest BCUT2D eigenvalue weighted by Gasteiger charge is 2.35. The van der Waals surface area contributed by atoms with Crippen LogP contribution >= 0.6 is 7.60 Å². The number of aliphatic hydroxyl groups excluding tert-OH is 1.